The Labute approximate surface area is 151 Å². The Hall–Kier alpha value is -2.28. The number of halogens is 1. The maximum absolute atomic E-state index is 12.8. The number of amides is 2. The van der Waals surface area contributed by atoms with Gasteiger partial charge < -0.3 is 15.1 Å². The first-order valence-electron chi connectivity index (χ1n) is 8.55. The molecule has 8 heteroatoms. The van der Waals surface area contributed by atoms with Gasteiger partial charge in [0.2, 0.25) is 5.91 Å². The first-order valence-corrected chi connectivity index (χ1v) is 8.93. The van der Waals surface area contributed by atoms with Crippen LogP contribution in [-0.2, 0) is 9.59 Å². The summed E-state index contributed by atoms with van der Waals surface area (Å²) in [4.78, 5) is 29.0. The van der Waals surface area contributed by atoms with Crippen molar-refractivity contribution in [2.75, 3.05) is 11.9 Å². The van der Waals surface area contributed by atoms with Crippen molar-refractivity contribution in [2.45, 2.75) is 43.9 Å². The molecular formula is C17H20ClN5O2. The highest BCUT2D eigenvalue weighted by atomic mass is 35.5. The van der Waals surface area contributed by atoms with Crippen LogP contribution in [0.5, 0.6) is 0 Å². The molecule has 1 saturated carbocycles. The number of benzene rings is 1. The number of piperazine rings is 1. The normalized spacial score (nSPS) is 27.6. The average molecular weight is 362 g/mol. The van der Waals surface area contributed by atoms with Gasteiger partial charge in [-0.1, -0.05) is 24.4 Å². The Morgan fingerprint density at radius 1 is 1.24 bits per heavy atom. The largest absolute Gasteiger partial charge is 0.327 e. The number of anilines is 1. The second kappa shape index (κ2) is 6.55. The lowest BCUT2D eigenvalue weighted by Gasteiger charge is -2.50. The molecule has 2 heterocycles. The topological polar surface area (TPSA) is 77.0 Å². The van der Waals surface area contributed by atoms with E-state index in [1.165, 1.54) is 0 Å². The molecule has 2 aliphatic heterocycles. The minimum atomic E-state index is -0.484. The molecule has 0 bridgehead atoms. The van der Waals surface area contributed by atoms with Gasteiger partial charge >= 0.3 is 0 Å². The van der Waals surface area contributed by atoms with Gasteiger partial charge in [-0.05, 0) is 37.1 Å². The van der Waals surface area contributed by atoms with Gasteiger partial charge in [0.15, 0.2) is 6.17 Å². The molecule has 1 aromatic rings. The van der Waals surface area contributed by atoms with Gasteiger partial charge in [-0.15, -0.1) is 0 Å². The highest BCUT2D eigenvalue weighted by Gasteiger charge is 2.48. The summed E-state index contributed by atoms with van der Waals surface area (Å²) in [5.74, 6) is -0.292. The second-order valence-electron chi connectivity index (χ2n) is 6.66. The number of fused-ring (bicyclic) bond motifs is 3. The summed E-state index contributed by atoms with van der Waals surface area (Å²) in [5.41, 5.74) is 3.53. The smallest absolute Gasteiger partial charge is 0.268 e. The number of carbonyl (C=O) groups excluding carboxylic acids is 2. The molecule has 25 heavy (non-hydrogen) atoms. The van der Waals surface area contributed by atoms with E-state index < -0.39 is 6.17 Å². The van der Waals surface area contributed by atoms with E-state index in [4.69, 9.17) is 11.6 Å². The molecule has 3 atom stereocenters. The van der Waals surface area contributed by atoms with Crippen molar-refractivity contribution in [2.24, 2.45) is 5.10 Å². The fraction of sp³-hybridized carbons (Fsp3) is 0.471. The van der Waals surface area contributed by atoms with Crippen molar-refractivity contribution in [1.82, 2.24) is 15.2 Å². The number of rotatable bonds is 3. The van der Waals surface area contributed by atoms with E-state index in [1.54, 1.807) is 35.5 Å². The molecule has 0 aromatic heterocycles. The third kappa shape index (κ3) is 3.04. The molecule has 3 aliphatic rings. The second-order valence-corrected chi connectivity index (χ2v) is 7.10. The zero-order valence-electron chi connectivity index (χ0n) is 13.7. The molecule has 1 saturated heterocycles. The zero-order chi connectivity index (χ0) is 17.4. The predicted molar refractivity (Wildman–Crippen MR) is 95.1 cm³/mol. The summed E-state index contributed by atoms with van der Waals surface area (Å²) >= 11 is 5.86. The molecule has 3 unspecified atom stereocenters. The van der Waals surface area contributed by atoms with Gasteiger partial charge in [0.1, 0.15) is 12.9 Å². The number of hydrogen-bond donors (Lipinski definition) is 2. The lowest BCUT2D eigenvalue weighted by atomic mass is 9.85. The molecular weight excluding hydrogens is 342 g/mol. The van der Waals surface area contributed by atoms with Crippen LogP contribution < -0.4 is 10.7 Å². The summed E-state index contributed by atoms with van der Waals surface area (Å²) in [6, 6.07) is 7.21. The maximum atomic E-state index is 12.8. The highest BCUT2D eigenvalue weighted by molar-refractivity contribution is 6.30. The van der Waals surface area contributed by atoms with Crippen LogP contribution >= 0.6 is 11.6 Å². The first-order chi connectivity index (χ1) is 12.1. The van der Waals surface area contributed by atoms with Crippen LogP contribution in [0.15, 0.2) is 29.4 Å². The molecule has 4 rings (SSSR count). The molecule has 0 spiro atoms. The molecule has 7 nitrogen and oxygen atoms in total. The van der Waals surface area contributed by atoms with Crippen molar-refractivity contribution in [3.63, 3.8) is 0 Å². The quantitative estimate of drug-likeness (QED) is 0.857. The van der Waals surface area contributed by atoms with Gasteiger partial charge in [0.05, 0.1) is 12.1 Å². The third-order valence-electron chi connectivity index (χ3n) is 5.12. The molecule has 0 radical (unpaired) electrons. The standard InChI is InChI=1S/C17H20ClN5O2/c18-11-5-7-12(8-6-11)20-15(24)9-22-13-3-1-2-4-14(13)23-10-19-21-16(23)17(22)25/h5-8,10,13-14,16,21H,1-4,9H2,(H,20,24). The fourth-order valence-corrected chi connectivity index (χ4v) is 4.10. The Morgan fingerprint density at radius 3 is 2.72 bits per heavy atom. The van der Waals surface area contributed by atoms with E-state index in [0.29, 0.717) is 10.7 Å². The third-order valence-corrected chi connectivity index (χ3v) is 5.37. The molecule has 2 fully saturated rings. The maximum Gasteiger partial charge on any atom is 0.268 e. The lowest BCUT2D eigenvalue weighted by molar-refractivity contribution is -0.151. The summed E-state index contributed by atoms with van der Waals surface area (Å²) in [6.07, 6.45) is 5.38. The van der Waals surface area contributed by atoms with E-state index in [0.717, 1.165) is 25.7 Å². The highest BCUT2D eigenvalue weighted by Crippen LogP contribution is 2.33. The Morgan fingerprint density at radius 2 is 1.96 bits per heavy atom. The average Bonchev–Trinajstić information content (AvgIpc) is 3.11. The lowest BCUT2D eigenvalue weighted by Crippen LogP contribution is -2.68. The molecule has 1 aromatic carbocycles. The summed E-state index contributed by atoms with van der Waals surface area (Å²) in [5, 5.41) is 7.50. The Kier molecular flexibility index (Phi) is 4.25. The van der Waals surface area contributed by atoms with E-state index in [2.05, 4.69) is 15.8 Å². The van der Waals surface area contributed by atoms with Gasteiger partial charge in [0, 0.05) is 10.7 Å². The number of hydrogen-bond acceptors (Lipinski definition) is 5. The Balaban J connectivity index is 1.49. The minimum absolute atomic E-state index is 0.0502. The van der Waals surface area contributed by atoms with E-state index >= 15 is 0 Å². The first kappa shape index (κ1) is 16.2. The number of hydrazone groups is 1. The van der Waals surface area contributed by atoms with Crippen molar-refractivity contribution >= 4 is 35.4 Å². The predicted octanol–water partition coefficient (Wildman–Crippen LogP) is 1.61. The van der Waals surface area contributed by atoms with Crippen LogP contribution in [0.4, 0.5) is 5.69 Å². The zero-order valence-corrected chi connectivity index (χ0v) is 14.4. The molecule has 2 N–H and O–H groups in total. The van der Waals surface area contributed by atoms with E-state index in [9.17, 15) is 9.59 Å². The van der Waals surface area contributed by atoms with Crippen LogP contribution in [0.1, 0.15) is 25.7 Å². The van der Waals surface area contributed by atoms with Crippen molar-refractivity contribution < 1.29 is 9.59 Å². The summed E-state index contributed by atoms with van der Waals surface area (Å²) < 4.78 is 0. The van der Waals surface area contributed by atoms with Gasteiger partial charge in [-0.3, -0.25) is 15.0 Å². The van der Waals surface area contributed by atoms with Gasteiger partial charge in [-0.25, -0.2) is 0 Å². The SMILES string of the molecule is O=C(CN1C(=O)C2NN=CN2C2CCCCC21)Nc1ccc(Cl)cc1. The fourth-order valence-electron chi connectivity index (χ4n) is 3.97. The van der Waals surface area contributed by atoms with Crippen LogP contribution in [0, 0.1) is 0 Å². The van der Waals surface area contributed by atoms with Crippen molar-refractivity contribution in [3.05, 3.63) is 29.3 Å². The van der Waals surface area contributed by atoms with Gasteiger partial charge in [-0.2, -0.15) is 5.10 Å². The van der Waals surface area contributed by atoms with E-state index in [1.807, 2.05) is 4.90 Å². The molecule has 2 amide bonds. The van der Waals surface area contributed by atoms with Crippen LogP contribution in [-0.4, -0.2) is 52.7 Å². The van der Waals surface area contributed by atoms with Crippen molar-refractivity contribution in [3.8, 4) is 0 Å². The van der Waals surface area contributed by atoms with E-state index in [-0.39, 0.29) is 30.4 Å². The van der Waals surface area contributed by atoms with Crippen LogP contribution in [0.2, 0.25) is 5.02 Å². The number of nitrogens with one attached hydrogen (secondary N) is 2. The minimum Gasteiger partial charge on any atom is -0.327 e. The summed E-state index contributed by atoms with van der Waals surface area (Å²) in [6.45, 7) is 0.0502. The van der Waals surface area contributed by atoms with Gasteiger partial charge in [0.25, 0.3) is 5.91 Å². The van der Waals surface area contributed by atoms with Crippen LogP contribution in [0.3, 0.4) is 0 Å². The monoisotopic (exact) mass is 361 g/mol. The number of nitrogens with zero attached hydrogens (tertiary/aromatic N) is 3. The Bertz CT molecular complexity index is 707. The molecule has 1 aliphatic carbocycles. The molecule has 132 valence electrons. The number of carbonyl (C=O) groups is 2. The van der Waals surface area contributed by atoms with Crippen molar-refractivity contribution in [1.29, 1.82) is 0 Å². The summed E-state index contributed by atoms with van der Waals surface area (Å²) in [7, 11) is 0. The van der Waals surface area contributed by atoms with Crippen LogP contribution in [0.25, 0.3) is 0 Å².